The number of benzene rings is 1. The molecule has 2 unspecified atom stereocenters. The van der Waals surface area contributed by atoms with E-state index in [2.05, 4.69) is 15.3 Å². The van der Waals surface area contributed by atoms with Crippen molar-refractivity contribution in [2.45, 2.75) is 32.0 Å². The van der Waals surface area contributed by atoms with E-state index < -0.39 is 28.8 Å². The predicted molar refractivity (Wildman–Crippen MR) is 113 cm³/mol. The Morgan fingerprint density at radius 1 is 1.44 bits per heavy atom. The Balaban J connectivity index is 1.71. The van der Waals surface area contributed by atoms with E-state index in [4.69, 9.17) is 9.15 Å². The van der Waals surface area contributed by atoms with Crippen LogP contribution in [0.5, 0.6) is 0 Å². The lowest BCUT2D eigenvalue weighted by Crippen LogP contribution is -2.38. The molecule has 0 saturated carbocycles. The number of nitrogens with zero attached hydrogens (tertiary/aromatic N) is 3. The number of hydrogen-bond acceptors (Lipinski definition) is 8. The second-order valence-electron chi connectivity index (χ2n) is 8.02. The molecule has 1 aromatic carbocycles. The van der Waals surface area contributed by atoms with Crippen molar-refractivity contribution in [3.8, 4) is 10.6 Å². The normalized spacial score (nSPS) is 21.2. The molecule has 2 saturated heterocycles. The van der Waals surface area contributed by atoms with Crippen molar-refractivity contribution in [2.75, 3.05) is 31.1 Å². The number of anilines is 1. The van der Waals surface area contributed by atoms with E-state index >= 15 is 0 Å². The van der Waals surface area contributed by atoms with Crippen LogP contribution in [0.2, 0.25) is 0 Å². The fraction of sp³-hybridized carbons (Fsp3) is 0.476. The maximum absolute atomic E-state index is 14.2. The van der Waals surface area contributed by atoms with E-state index in [0.29, 0.717) is 29.6 Å². The topological polar surface area (TPSA) is 80.5 Å². The third-order valence-electron chi connectivity index (χ3n) is 5.93. The summed E-state index contributed by atoms with van der Waals surface area (Å²) in [5, 5.41) is 5.58. The standard InChI is InChI=1S/C21H21F3N4O3S/c1-2-30-19(29)13-8-14(18-25-4-6-32-18)17-16(15(13)21(22,23)24)27-20(31-17)28-5-3-11-7-12(10-28)26-9-11/h4,6,8,11-12,26H,2-3,5,7,9-10H2,1H3. The number of nitrogens with one attached hydrogen (secondary N) is 1. The van der Waals surface area contributed by atoms with Gasteiger partial charge in [0.2, 0.25) is 0 Å². The van der Waals surface area contributed by atoms with Gasteiger partial charge in [0.25, 0.3) is 6.01 Å². The Morgan fingerprint density at radius 3 is 3.00 bits per heavy atom. The van der Waals surface area contributed by atoms with Gasteiger partial charge in [0.05, 0.1) is 23.3 Å². The maximum atomic E-state index is 14.2. The Kier molecular flexibility index (Phi) is 5.32. The lowest BCUT2D eigenvalue weighted by molar-refractivity contribution is -0.137. The van der Waals surface area contributed by atoms with Crippen LogP contribution in [0.3, 0.4) is 0 Å². The highest BCUT2D eigenvalue weighted by Gasteiger charge is 2.41. The van der Waals surface area contributed by atoms with E-state index in [1.807, 2.05) is 4.90 Å². The second-order valence-corrected chi connectivity index (χ2v) is 8.91. The fourth-order valence-electron chi connectivity index (χ4n) is 4.51. The van der Waals surface area contributed by atoms with Crippen molar-refractivity contribution in [1.29, 1.82) is 0 Å². The van der Waals surface area contributed by atoms with E-state index in [1.54, 1.807) is 18.5 Å². The SMILES string of the molecule is CCOC(=O)c1cc(-c2nccs2)c2oc(N3CCC4CNC(C4)C3)nc2c1C(F)(F)F. The number of hydrogen-bond donors (Lipinski definition) is 1. The molecule has 0 radical (unpaired) electrons. The monoisotopic (exact) mass is 466 g/mol. The lowest BCUT2D eigenvalue weighted by Gasteiger charge is -2.23. The average molecular weight is 466 g/mol. The molecule has 0 aliphatic carbocycles. The molecular weight excluding hydrogens is 445 g/mol. The number of aromatic nitrogens is 2. The smallest absolute Gasteiger partial charge is 0.419 e. The minimum Gasteiger partial charge on any atom is -0.462 e. The number of carbonyl (C=O) groups is 1. The molecule has 5 rings (SSSR count). The summed E-state index contributed by atoms with van der Waals surface area (Å²) < 4.78 is 53.4. The summed E-state index contributed by atoms with van der Waals surface area (Å²) in [5.41, 5.74) is -1.87. The number of oxazole rings is 1. The molecular formula is C21H21F3N4O3S. The Labute approximate surface area is 185 Å². The minimum absolute atomic E-state index is 0.0299. The molecule has 7 nitrogen and oxygen atoms in total. The largest absolute Gasteiger partial charge is 0.462 e. The minimum atomic E-state index is -4.82. The van der Waals surface area contributed by atoms with Crippen molar-refractivity contribution in [1.82, 2.24) is 15.3 Å². The highest BCUT2D eigenvalue weighted by molar-refractivity contribution is 7.13. The van der Waals surface area contributed by atoms with Crippen LogP contribution in [0.15, 0.2) is 22.1 Å². The van der Waals surface area contributed by atoms with Gasteiger partial charge in [-0.3, -0.25) is 0 Å². The van der Waals surface area contributed by atoms with Crippen molar-refractivity contribution >= 4 is 34.4 Å². The van der Waals surface area contributed by atoms with Crippen LogP contribution in [0.4, 0.5) is 19.2 Å². The van der Waals surface area contributed by atoms with Gasteiger partial charge in [-0.05, 0) is 38.3 Å². The molecule has 2 fully saturated rings. The molecule has 2 atom stereocenters. The molecule has 170 valence electrons. The zero-order chi connectivity index (χ0) is 22.5. The molecule has 32 heavy (non-hydrogen) atoms. The summed E-state index contributed by atoms with van der Waals surface area (Å²) in [6.07, 6.45) is -1.35. The summed E-state index contributed by atoms with van der Waals surface area (Å²) in [5.74, 6) is -0.512. The first-order chi connectivity index (χ1) is 15.3. The zero-order valence-corrected chi connectivity index (χ0v) is 18.1. The predicted octanol–water partition coefficient (Wildman–Crippen LogP) is 4.34. The van der Waals surface area contributed by atoms with Crippen LogP contribution in [0, 0.1) is 5.92 Å². The van der Waals surface area contributed by atoms with E-state index in [-0.39, 0.29) is 24.2 Å². The van der Waals surface area contributed by atoms with E-state index in [0.717, 1.165) is 25.5 Å². The Bertz CT molecular complexity index is 1150. The summed E-state index contributed by atoms with van der Waals surface area (Å²) >= 11 is 1.24. The van der Waals surface area contributed by atoms with Gasteiger partial charge in [-0.2, -0.15) is 18.2 Å². The zero-order valence-electron chi connectivity index (χ0n) is 17.2. The maximum Gasteiger partial charge on any atom is 0.419 e. The molecule has 3 aromatic rings. The Morgan fingerprint density at radius 2 is 2.28 bits per heavy atom. The van der Waals surface area contributed by atoms with Crippen LogP contribution in [0.25, 0.3) is 21.7 Å². The fourth-order valence-corrected chi connectivity index (χ4v) is 5.16. The highest BCUT2D eigenvalue weighted by Crippen LogP contribution is 2.43. The van der Waals surface area contributed by atoms with Gasteiger partial charge in [0, 0.05) is 30.7 Å². The van der Waals surface area contributed by atoms with Gasteiger partial charge in [-0.15, -0.1) is 11.3 Å². The van der Waals surface area contributed by atoms with Crippen LogP contribution in [0.1, 0.15) is 35.7 Å². The van der Waals surface area contributed by atoms with Crippen molar-refractivity contribution in [3.63, 3.8) is 0 Å². The number of fused-ring (bicyclic) bond motifs is 3. The molecule has 2 bridgehead atoms. The first-order valence-electron chi connectivity index (χ1n) is 10.4. The summed E-state index contributed by atoms with van der Waals surface area (Å²) in [6, 6.07) is 1.52. The molecule has 0 spiro atoms. The van der Waals surface area contributed by atoms with Crippen molar-refractivity contribution in [2.24, 2.45) is 5.92 Å². The molecule has 0 amide bonds. The average Bonchev–Trinajstić information content (AvgIpc) is 3.46. The number of thiazole rings is 1. The van der Waals surface area contributed by atoms with Crippen LogP contribution < -0.4 is 10.2 Å². The van der Waals surface area contributed by atoms with E-state index in [9.17, 15) is 18.0 Å². The molecule has 2 aromatic heterocycles. The van der Waals surface area contributed by atoms with Gasteiger partial charge in [-0.1, -0.05) is 0 Å². The van der Waals surface area contributed by atoms with Gasteiger partial charge < -0.3 is 19.4 Å². The first-order valence-corrected chi connectivity index (χ1v) is 11.3. The summed E-state index contributed by atoms with van der Waals surface area (Å²) in [7, 11) is 0. The number of alkyl halides is 3. The molecule has 2 aliphatic rings. The quantitative estimate of drug-likeness (QED) is 0.573. The van der Waals surface area contributed by atoms with Gasteiger partial charge in [0.1, 0.15) is 10.5 Å². The van der Waals surface area contributed by atoms with Crippen LogP contribution in [-0.2, 0) is 10.9 Å². The number of ether oxygens (including phenoxy) is 1. The van der Waals surface area contributed by atoms with Crippen LogP contribution in [-0.4, -0.2) is 48.2 Å². The molecule has 2 aliphatic heterocycles. The lowest BCUT2D eigenvalue weighted by atomic mass is 10.0. The first kappa shape index (κ1) is 21.2. The van der Waals surface area contributed by atoms with Crippen LogP contribution >= 0.6 is 11.3 Å². The molecule has 4 heterocycles. The second kappa shape index (κ2) is 8.04. The van der Waals surface area contributed by atoms with Crippen molar-refractivity contribution < 1.29 is 27.1 Å². The van der Waals surface area contributed by atoms with Gasteiger partial charge in [-0.25, -0.2) is 9.78 Å². The number of esters is 1. The summed E-state index contributed by atoms with van der Waals surface area (Å²) in [4.78, 5) is 22.9. The van der Waals surface area contributed by atoms with Gasteiger partial charge >= 0.3 is 12.1 Å². The Hall–Kier alpha value is -2.66. The van der Waals surface area contributed by atoms with Crippen molar-refractivity contribution in [3.05, 3.63) is 28.8 Å². The number of carbonyl (C=O) groups excluding carboxylic acids is 1. The van der Waals surface area contributed by atoms with Gasteiger partial charge in [0.15, 0.2) is 5.58 Å². The number of halogens is 3. The summed E-state index contributed by atoms with van der Waals surface area (Å²) in [6.45, 7) is 3.70. The third kappa shape index (κ3) is 3.73. The van der Waals surface area contributed by atoms with E-state index in [1.165, 1.54) is 11.3 Å². The molecule has 11 heteroatoms. The number of rotatable bonds is 4. The highest BCUT2D eigenvalue weighted by atomic mass is 32.1. The third-order valence-corrected chi connectivity index (χ3v) is 6.73. The molecule has 1 N–H and O–H groups in total.